The van der Waals surface area contributed by atoms with E-state index in [0.29, 0.717) is 5.96 Å². The van der Waals surface area contributed by atoms with E-state index in [9.17, 15) is 4.79 Å². The molecule has 22 heavy (non-hydrogen) atoms. The Kier molecular flexibility index (Phi) is 6.12. The summed E-state index contributed by atoms with van der Waals surface area (Å²) in [5.74, 6) is 1.80. The first-order valence-electron chi connectivity index (χ1n) is 7.55. The maximum absolute atomic E-state index is 11.9. The first kappa shape index (κ1) is 16.7. The quantitative estimate of drug-likeness (QED) is 0.574. The number of hydrogen-bond donors (Lipinski definition) is 3. The molecule has 2 rings (SSSR count). The SMILES string of the molecule is CN=C(NCC(=O)Nc1ccccc1)NCC1(C)CCCS1. The minimum Gasteiger partial charge on any atom is -0.355 e. The molecule has 1 aliphatic heterocycles. The number of thioether (sulfide) groups is 1. The first-order chi connectivity index (χ1) is 10.6. The monoisotopic (exact) mass is 320 g/mol. The number of rotatable bonds is 5. The molecule has 1 aromatic carbocycles. The highest BCUT2D eigenvalue weighted by atomic mass is 32.2. The topological polar surface area (TPSA) is 65.5 Å². The van der Waals surface area contributed by atoms with Crippen molar-refractivity contribution in [2.75, 3.05) is 31.2 Å². The molecule has 0 saturated carbocycles. The van der Waals surface area contributed by atoms with Crippen molar-refractivity contribution in [2.45, 2.75) is 24.5 Å². The molecular weight excluding hydrogens is 296 g/mol. The zero-order valence-corrected chi connectivity index (χ0v) is 14.0. The van der Waals surface area contributed by atoms with Gasteiger partial charge in [0, 0.05) is 24.0 Å². The molecule has 0 radical (unpaired) electrons. The van der Waals surface area contributed by atoms with Crippen molar-refractivity contribution in [1.82, 2.24) is 10.6 Å². The summed E-state index contributed by atoms with van der Waals surface area (Å²) in [5.41, 5.74) is 0.798. The largest absolute Gasteiger partial charge is 0.355 e. The highest BCUT2D eigenvalue weighted by Crippen LogP contribution is 2.36. The van der Waals surface area contributed by atoms with E-state index in [4.69, 9.17) is 0 Å². The molecule has 1 aromatic rings. The average molecular weight is 320 g/mol. The highest BCUT2D eigenvalue weighted by Gasteiger charge is 2.29. The van der Waals surface area contributed by atoms with Crippen molar-refractivity contribution >= 4 is 29.3 Å². The van der Waals surface area contributed by atoms with Crippen LogP contribution in [0.3, 0.4) is 0 Å². The van der Waals surface area contributed by atoms with E-state index in [2.05, 4.69) is 27.9 Å². The predicted molar refractivity (Wildman–Crippen MR) is 94.5 cm³/mol. The van der Waals surface area contributed by atoms with Gasteiger partial charge in [-0.15, -0.1) is 0 Å². The van der Waals surface area contributed by atoms with Gasteiger partial charge in [0.15, 0.2) is 5.96 Å². The lowest BCUT2D eigenvalue weighted by Crippen LogP contribution is -2.45. The predicted octanol–water partition coefficient (Wildman–Crippen LogP) is 2.08. The number of hydrogen-bond acceptors (Lipinski definition) is 3. The Hall–Kier alpha value is -1.69. The fourth-order valence-electron chi connectivity index (χ4n) is 2.36. The molecule has 0 spiro atoms. The van der Waals surface area contributed by atoms with Gasteiger partial charge in [0.2, 0.25) is 5.91 Å². The van der Waals surface area contributed by atoms with Gasteiger partial charge >= 0.3 is 0 Å². The lowest BCUT2D eigenvalue weighted by Gasteiger charge is -2.24. The van der Waals surface area contributed by atoms with Gasteiger partial charge in [-0.1, -0.05) is 18.2 Å². The van der Waals surface area contributed by atoms with E-state index >= 15 is 0 Å². The summed E-state index contributed by atoms with van der Waals surface area (Å²) in [6, 6.07) is 9.43. The van der Waals surface area contributed by atoms with Crippen molar-refractivity contribution in [3.63, 3.8) is 0 Å². The van der Waals surface area contributed by atoms with Gasteiger partial charge in [-0.3, -0.25) is 9.79 Å². The summed E-state index contributed by atoms with van der Waals surface area (Å²) >= 11 is 2.00. The van der Waals surface area contributed by atoms with Crippen LogP contribution in [0.2, 0.25) is 0 Å². The van der Waals surface area contributed by atoms with Crippen LogP contribution in [0.1, 0.15) is 19.8 Å². The molecule has 1 unspecified atom stereocenters. The summed E-state index contributed by atoms with van der Waals surface area (Å²) < 4.78 is 0.268. The molecule has 0 aromatic heterocycles. The maximum atomic E-state index is 11.9. The molecule has 120 valence electrons. The molecule has 3 N–H and O–H groups in total. The fourth-order valence-corrected chi connectivity index (χ4v) is 3.60. The van der Waals surface area contributed by atoms with Crippen molar-refractivity contribution in [1.29, 1.82) is 0 Å². The standard InChI is InChI=1S/C16H24N4OS/c1-16(9-6-10-22-16)12-19-15(17-2)18-11-14(21)20-13-7-4-3-5-8-13/h3-5,7-8H,6,9-12H2,1-2H3,(H,20,21)(H2,17,18,19). The normalized spacial score (nSPS) is 21.5. The minimum atomic E-state index is -0.0874. The minimum absolute atomic E-state index is 0.0874. The van der Waals surface area contributed by atoms with E-state index in [1.54, 1.807) is 7.05 Å². The van der Waals surface area contributed by atoms with Gasteiger partial charge in [-0.05, 0) is 37.7 Å². The second kappa shape index (κ2) is 8.08. The number of carbonyl (C=O) groups is 1. The van der Waals surface area contributed by atoms with E-state index in [1.807, 2.05) is 42.1 Å². The Morgan fingerprint density at radius 1 is 1.32 bits per heavy atom. The summed E-state index contributed by atoms with van der Waals surface area (Å²) in [6.07, 6.45) is 2.49. The fraction of sp³-hybridized carbons (Fsp3) is 0.500. The van der Waals surface area contributed by atoms with Crippen molar-refractivity contribution < 1.29 is 4.79 Å². The maximum Gasteiger partial charge on any atom is 0.243 e. The lowest BCUT2D eigenvalue weighted by molar-refractivity contribution is -0.115. The third-order valence-corrected chi connectivity index (χ3v) is 5.17. The van der Waals surface area contributed by atoms with Gasteiger partial charge < -0.3 is 16.0 Å². The number of carbonyl (C=O) groups excluding carboxylic acids is 1. The molecule has 1 amide bonds. The van der Waals surface area contributed by atoms with Gasteiger partial charge in [-0.2, -0.15) is 11.8 Å². The number of nitrogens with one attached hydrogen (secondary N) is 3. The van der Waals surface area contributed by atoms with Gasteiger partial charge in [0.1, 0.15) is 0 Å². The van der Waals surface area contributed by atoms with Crippen LogP contribution in [0, 0.1) is 0 Å². The Morgan fingerprint density at radius 3 is 2.73 bits per heavy atom. The third-order valence-electron chi connectivity index (χ3n) is 3.63. The Balaban J connectivity index is 1.73. The number of nitrogens with zero attached hydrogens (tertiary/aromatic N) is 1. The van der Waals surface area contributed by atoms with Crippen LogP contribution in [0.15, 0.2) is 35.3 Å². The molecule has 1 heterocycles. The molecule has 0 bridgehead atoms. The molecule has 6 heteroatoms. The van der Waals surface area contributed by atoms with Crippen LogP contribution in [0.4, 0.5) is 5.69 Å². The van der Waals surface area contributed by atoms with Crippen LogP contribution in [0.25, 0.3) is 0 Å². The zero-order valence-electron chi connectivity index (χ0n) is 13.2. The van der Waals surface area contributed by atoms with Crippen molar-refractivity contribution in [3.8, 4) is 0 Å². The molecule has 1 saturated heterocycles. The number of anilines is 1. The van der Waals surface area contributed by atoms with Crippen LogP contribution in [0.5, 0.6) is 0 Å². The number of guanidine groups is 1. The summed E-state index contributed by atoms with van der Waals surface area (Å²) in [4.78, 5) is 16.1. The Labute approximate surface area is 136 Å². The van der Waals surface area contributed by atoms with Gasteiger partial charge in [0.05, 0.1) is 6.54 Å². The van der Waals surface area contributed by atoms with E-state index in [0.717, 1.165) is 12.2 Å². The number of benzene rings is 1. The van der Waals surface area contributed by atoms with Crippen LogP contribution in [-0.4, -0.2) is 42.5 Å². The third kappa shape index (κ3) is 5.26. The van der Waals surface area contributed by atoms with Crippen molar-refractivity contribution in [2.24, 2.45) is 4.99 Å². The molecule has 1 aliphatic rings. The molecule has 1 fully saturated rings. The van der Waals surface area contributed by atoms with Gasteiger partial charge in [0.25, 0.3) is 0 Å². The molecule has 1 atom stereocenters. The highest BCUT2D eigenvalue weighted by molar-refractivity contribution is 8.00. The summed E-state index contributed by atoms with van der Waals surface area (Å²) in [7, 11) is 1.72. The second-order valence-electron chi connectivity index (χ2n) is 5.60. The summed E-state index contributed by atoms with van der Waals surface area (Å²) in [6.45, 7) is 3.32. The lowest BCUT2D eigenvalue weighted by atomic mass is 10.1. The zero-order chi connectivity index (χ0) is 15.8. The van der Waals surface area contributed by atoms with Crippen LogP contribution in [-0.2, 0) is 4.79 Å². The van der Waals surface area contributed by atoms with Crippen LogP contribution < -0.4 is 16.0 Å². The molecular formula is C16H24N4OS. The number of amides is 1. The van der Waals surface area contributed by atoms with E-state index in [-0.39, 0.29) is 17.2 Å². The average Bonchev–Trinajstić information content (AvgIpc) is 2.95. The smallest absolute Gasteiger partial charge is 0.243 e. The van der Waals surface area contributed by atoms with Crippen molar-refractivity contribution in [3.05, 3.63) is 30.3 Å². The molecule has 5 nitrogen and oxygen atoms in total. The first-order valence-corrected chi connectivity index (χ1v) is 8.53. The second-order valence-corrected chi connectivity index (χ2v) is 7.28. The van der Waals surface area contributed by atoms with E-state index < -0.39 is 0 Å². The number of aliphatic imine (C=N–C) groups is 1. The number of para-hydroxylation sites is 1. The van der Waals surface area contributed by atoms with Crippen LogP contribution >= 0.6 is 11.8 Å². The van der Waals surface area contributed by atoms with E-state index in [1.165, 1.54) is 18.6 Å². The summed E-state index contributed by atoms with van der Waals surface area (Å²) in [5, 5.41) is 9.20. The Morgan fingerprint density at radius 2 is 2.09 bits per heavy atom. The molecule has 0 aliphatic carbocycles. The Bertz CT molecular complexity index is 512. The van der Waals surface area contributed by atoms with Gasteiger partial charge in [-0.25, -0.2) is 0 Å².